The second kappa shape index (κ2) is 8.81. The number of rotatable bonds is 2. The van der Waals surface area contributed by atoms with Crippen LogP contribution in [0.4, 0.5) is 0 Å². The molecular formula is C22H25N3O12. The summed E-state index contributed by atoms with van der Waals surface area (Å²) in [5, 5.41) is 81.1. The van der Waals surface area contributed by atoms with Crippen LogP contribution in [-0.4, -0.2) is 95.2 Å². The van der Waals surface area contributed by atoms with Crippen LogP contribution in [0.15, 0.2) is 35.1 Å². The van der Waals surface area contributed by atoms with Crippen LogP contribution in [0.1, 0.15) is 18.1 Å². The predicted octanol–water partition coefficient (Wildman–Crippen LogP) is -3.05. The van der Waals surface area contributed by atoms with Crippen LogP contribution >= 0.6 is 0 Å². The number of aliphatic hydroxyl groups is 4. The zero-order valence-corrected chi connectivity index (χ0v) is 19.7. The third kappa shape index (κ3) is 3.71. The standard InChI is InChI=1S/C22H24N2O9.H2NO3/c1-21(32)7-5-4-6-8(25)9(7)15(26)10-12(21)17(28)13-14(24(2)3)16(27)11(20(23)31)19(30)22(13,33)18(10)29;2-1(3)4/h4-6,12-14,17,25-26,28,30,32-33H,1-3H3,(H2,23,31);(H2,2,3,4)/q;+1/p-1/t12-,13-,14+,17+,21-,22+;/m1./s1. The number of carbonyl (C=O) groups excluding carboxylic acids is 3. The highest BCUT2D eigenvalue weighted by molar-refractivity contribution is 6.24. The largest absolute Gasteiger partial charge is 0.872 e. The lowest BCUT2D eigenvalue weighted by Crippen LogP contribution is -2.72. The van der Waals surface area contributed by atoms with Gasteiger partial charge in [-0.25, -0.2) is 10.4 Å². The van der Waals surface area contributed by atoms with Crippen LogP contribution in [0, 0.1) is 16.7 Å². The van der Waals surface area contributed by atoms with Gasteiger partial charge in [0.25, 0.3) is 5.91 Å². The molecule has 0 heterocycles. The second-order valence-electron chi connectivity index (χ2n) is 9.29. The molecular weight excluding hydrogens is 498 g/mol. The van der Waals surface area contributed by atoms with Gasteiger partial charge in [-0.2, -0.15) is 0 Å². The van der Waals surface area contributed by atoms with E-state index in [9.17, 15) is 45.0 Å². The highest BCUT2D eigenvalue weighted by atomic mass is 16.9. The van der Waals surface area contributed by atoms with E-state index in [2.05, 4.69) is 0 Å². The van der Waals surface area contributed by atoms with Crippen molar-refractivity contribution < 1.29 is 60.5 Å². The number of ketones is 2. The van der Waals surface area contributed by atoms with Gasteiger partial charge in [-0.3, -0.25) is 19.3 Å². The van der Waals surface area contributed by atoms with Gasteiger partial charge in [0, 0.05) is 17.1 Å². The number of fused-ring (bicyclic) bond motifs is 3. The van der Waals surface area contributed by atoms with Crippen molar-refractivity contribution in [2.24, 2.45) is 17.6 Å². The van der Waals surface area contributed by atoms with Gasteiger partial charge in [0.1, 0.15) is 22.0 Å². The summed E-state index contributed by atoms with van der Waals surface area (Å²) >= 11 is 0. The molecule has 1 fully saturated rings. The molecule has 3 aliphatic carbocycles. The Hall–Kier alpha value is -4.05. The molecule has 9 N–H and O–H groups in total. The van der Waals surface area contributed by atoms with E-state index in [4.69, 9.17) is 21.1 Å². The van der Waals surface area contributed by atoms with Crippen molar-refractivity contribution in [1.29, 1.82) is 0 Å². The van der Waals surface area contributed by atoms with Gasteiger partial charge in [0.05, 0.1) is 23.7 Å². The summed E-state index contributed by atoms with van der Waals surface area (Å²) in [6.45, 7) is 1.23. The van der Waals surface area contributed by atoms with Crippen LogP contribution in [0.3, 0.4) is 0 Å². The first-order valence-corrected chi connectivity index (χ1v) is 10.6. The van der Waals surface area contributed by atoms with E-state index >= 15 is 0 Å². The summed E-state index contributed by atoms with van der Waals surface area (Å²) in [7, 11) is 2.77. The SMILES string of the molecule is CN(C)[C@@H]1C(=O)C(C(N)=O)=C(O)[C@@]2(O)C(=O)C3=C([O-])c4c(O)cccc4[C@@](C)(O)[C@H]3[C@H](O)[C@@H]12.O=[N+](O)O. The predicted molar refractivity (Wildman–Crippen MR) is 116 cm³/mol. The van der Waals surface area contributed by atoms with Gasteiger partial charge in [-0.05, 0) is 32.6 Å². The number of nitrogens with two attached hydrogens (primary N) is 1. The first-order valence-electron chi connectivity index (χ1n) is 10.6. The monoisotopic (exact) mass is 523 g/mol. The zero-order chi connectivity index (χ0) is 28.4. The topological polar surface area (TPSA) is 265 Å². The molecule has 1 aromatic carbocycles. The maximum Gasteiger partial charge on any atom is 0.472 e. The summed E-state index contributed by atoms with van der Waals surface area (Å²) in [4.78, 5) is 48.3. The van der Waals surface area contributed by atoms with E-state index in [0.29, 0.717) is 0 Å². The first kappa shape index (κ1) is 27.5. The number of phenols is 1. The van der Waals surface area contributed by atoms with Crippen LogP contribution in [0.5, 0.6) is 5.75 Å². The molecule has 6 atom stereocenters. The van der Waals surface area contributed by atoms with Crippen LogP contribution in [0.2, 0.25) is 0 Å². The molecule has 0 spiro atoms. The lowest BCUT2D eigenvalue weighted by molar-refractivity contribution is -0.969. The van der Waals surface area contributed by atoms with E-state index in [0.717, 1.165) is 0 Å². The van der Waals surface area contributed by atoms with Gasteiger partial charge in [0.2, 0.25) is 0 Å². The lowest BCUT2D eigenvalue weighted by atomic mass is 9.53. The first-order chi connectivity index (χ1) is 16.9. The minimum Gasteiger partial charge on any atom is -0.872 e. The fourth-order valence-electron chi connectivity index (χ4n) is 5.58. The Bertz CT molecular complexity index is 1280. The van der Waals surface area contributed by atoms with Crippen LogP contribution in [0.25, 0.3) is 5.76 Å². The fourth-order valence-corrected chi connectivity index (χ4v) is 5.58. The maximum absolute atomic E-state index is 13.6. The molecule has 1 amide bonds. The number of hydrogen-bond acceptors (Lipinski definition) is 11. The van der Waals surface area contributed by atoms with E-state index in [1.807, 2.05) is 0 Å². The lowest BCUT2D eigenvalue weighted by Gasteiger charge is -2.56. The Labute approximate surface area is 208 Å². The summed E-state index contributed by atoms with van der Waals surface area (Å²) in [5.41, 5.74) is -2.17. The number of Topliss-reactive ketones (excluding diaryl/α,β-unsaturated/α-hetero) is 2. The molecule has 37 heavy (non-hydrogen) atoms. The van der Waals surface area contributed by atoms with Gasteiger partial charge in [-0.1, -0.05) is 17.9 Å². The smallest absolute Gasteiger partial charge is 0.472 e. The Morgan fingerprint density at radius 2 is 1.70 bits per heavy atom. The van der Waals surface area contributed by atoms with Gasteiger partial charge in [-0.15, -0.1) is 0 Å². The quantitative estimate of drug-likeness (QED) is 0.142. The highest BCUT2D eigenvalue weighted by Gasteiger charge is 2.69. The van der Waals surface area contributed by atoms with Crippen molar-refractivity contribution in [2.45, 2.75) is 30.3 Å². The van der Waals surface area contributed by atoms with E-state index in [1.54, 1.807) is 0 Å². The maximum atomic E-state index is 13.6. The highest BCUT2D eigenvalue weighted by Crippen LogP contribution is 2.56. The number of nitrogens with zero attached hydrogens (tertiary/aromatic N) is 2. The molecule has 0 radical (unpaired) electrons. The number of phenolic OH excluding ortho intramolecular Hbond substituents is 1. The molecule has 15 heteroatoms. The van der Waals surface area contributed by atoms with Crippen molar-refractivity contribution in [3.05, 3.63) is 51.1 Å². The summed E-state index contributed by atoms with van der Waals surface area (Å²) in [5.74, 6) is -10.2. The molecule has 0 aromatic heterocycles. The Morgan fingerprint density at radius 3 is 2.19 bits per heavy atom. The van der Waals surface area contributed by atoms with E-state index in [-0.39, 0.29) is 5.56 Å². The van der Waals surface area contributed by atoms with Gasteiger partial charge in [0.15, 0.2) is 17.2 Å². The van der Waals surface area contributed by atoms with E-state index < -0.39 is 91.7 Å². The van der Waals surface area contributed by atoms with Gasteiger partial charge >= 0.3 is 5.09 Å². The molecule has 0 saturated heterocycles. The number of hydrogen-bond donors (Lipinski definition) is 8. The number of aromatic hydroxyl groups is 1. The number of amides is 1. The minimum atomic E-state index is -3.06. The number of benzene rings is 1. The van der Waals surface area contributed by atoms with Crippen LogP contribution < -0.4 is 10.8 Å². The molecule has 15 nitrogen and oxygen atoms in total. The fraction of sp³-hybridized carbons (Fsp3) is 0.409. The Kier molecular flexibility index (Phi) is 6.55. The molecule has 0 aliphatic heterocycles. The molecule has 200 valence electrons. The van der Waals surface area contributed by atoms with Crippen molar-refractivity contribution >= 4 is 23.2 Å². The summed E-state index contributed by atoms with van der Waals surface area (Å²) in [6.07, 6.45) is -1.91. The minimum absolute atomic E-state index is 0.0559. The molecule has 0 bridgehead atoms. The van der Waals surface area contributed by atoms with Crippen molar-refractivity contribution in [2.75, 3.05) is 14.1 Å². The molecule has 1 aromatic rings. The van der Waals surface area contributed by atoms with Crippen molar-refractivity contribution in [3.63, 3.8) is 0 Å². The van der Waals surface area contributed by atoms with Crippen molar-refractivity contribution in [1.82, 2.24) is 4.90 Å². The summed E-state index contributed by atoms with van der Waals surface area (Å²) < 4.78 is 0. The number of aliphatic hydroxyl groups excluding tert-OH is 2. The zero-order valence-electron chi connectivity index (χ0n) is 19.7. The molecule has 1 saturated carbocycles. The third-order valence-electron chi connectivity index (χ3n) is 7.01. The normalized spacial score (nSPS) is 32.7. The third-order valence-corrected chi connectivity index (χ3v) is 7.01. The average Bonchev–Trinajstić information content (AvgIpc) is 2.75. The second-order valence-corrected chi connectivity index (χ2v) is 9.29. The molecule has 0 unspecified atom stereocenters. The Balaban J connectivity index is 0.000000886. The summed E-state index contributed by atoms with van der Waals surface area (Å²) in [6, 6.07) is 2.37. The molecule has 4 rings (SSSR count). The average molecular weight is 523 g/mol. The Morgan fingerprint density at radius 1 is 1.16 bits per heavy atom. The van der Waals surface area contributed by atoms with Gasteiger partial charge < -0.3 is 36.4 Å². The van der Waals surface area contributed by atoms with E-state index in [1.165, 1.54) is 44.1 Å². The number of likely N-dealkylation sites (N-methyl/N-ethyl adjacent to an activating group) is 1. The molecule has 3 aliphatic rings. The van der Waals surface area contributed by atoms with Crippen LogP contribution in [-0.2, 0) is 20.0 Å². The number of primary amides is 1. The van der Waals surface area contributed by atoms with Crippen molar-refractivity contribution in [3.8, 4) is 5.75 Å². The number of carbonyl (C=O) groups is 3.